The molecule has 0 aliphatic heterocycles. The van der Waals surface area contributed by atoms with Gasteiger partial charge in [-0.05, 0) is 37.6 Å². The van der Waals surface area contributed by atoms with Crippen molar-refractivity contribution in [3.8, 4) is 11.8 Å². The molecule has 4 nitrogen and oxygen atoms in total. The molecule has 1 N–H and O–H groups in total. The van der Waals surface area contributed by atoms with Crippen molar-refractivity contribution in [1.29, 1.82) is 5.26 Å². The highest BCUT2D eigenvalue weighted by molar-refractivity contribution is 5.97. The van der Waals surface area contributed by atoms with Gasteiger partial charge in [-0.15, -0.1) is 0 Å². The molecule has 4 heteroatoms. The summed E-state index contributed by atoms with van der Waals surface area (Å²) in [6.07, 6.45) is 1.16. The Morgan fingerprint density at radius 3 is 2.47 bits per heavy atom. The Labute approximate surface area is 99.8 Å². The molecule has 0 aliphatic rings. The van der Waals surface area contributed by atoms with E-state index in [0.717, 1.165) is 0 Å². The second kappa shape index (κ2) is 5.71. The summed E-state index contributed by atoms with van der Waals surface area (Å²) in [5, 5.41) is 18.0. The number of hydrogen-bond acceptors (Lipinski definition) is 4. The number of rotatable bonds is 3. The van der Waals surface area contributed by atoms with Gasteiger partial charge in [-0.1, -0.05) is 12.1 Å². The Morgan fingerprint density at radius 2 is 2.00 bits per heavy atom. The molecular formula is C13H13NO3. The third kappa shape index (κ3) is 3.99. The normalized spacial score (nSPS) is 11.1. The largest absolute Gasteiger partial charge is 0.508 e. The van der Waals surface area contributed by atoms with Crippen LogP contribution in [0, 0.1) is 11.3 Å². The van der Waals surface area contributed by atoms with E-state index < -0.39 is 5.97 Å². The maximum atomic E-state index is 11.5. The van der Waals surface area contributed by atoms with Crippen molar-refractivity contribution in [2.45, 2.75) is 20.0 Å². The monoisotopic (exact) mass is 231 g/mol. The predicted molar refractivity (Wildman–Crippen MR) is 62.9 cm³/mol. The molecule has 0 unspecified atom stereocenters. The van der Waals surface area contributed by atoms with Crippen molar-refractivity contribution in [3.05, 3.63) is 35.4 Å². The van der Waals surface area contributed by atoms with Gasteiger partial charge in [-0.25, -0.2) is 4.79 Å². The van der Waals surface area contributed by atoms with Crippen LogP contribution in [0.25, 0.3) is 6.08 Å². The van der Waals surface area contributed by atoms with Gasteiger partial charge < -0.3 is 9.84 Å². The Balaban J connectivity index is 2.91. The van der Waals surface area contributed by atoms with Gasteiger partial charge in [0.15, 0.2) is 0 Å². The zero-order valence-corrected chi connectivity index (χ0v) is 9.68. The minimum atomic E-state index is -0.643. The van der Waals surface area contributed by atoms with Crippen LogP contribution in [-0.2, 0) is 9.53 Å². The first kappa shape index (κ1) is 12.8. The summed E-state index contributed by atoms with van der Waals surface area (Å²) >= 11 is 0. The zero-order valence-electron chi connectivity index (χ0n) is 9.68. The van der Waals surface area contributed by atoms with E-state index in [0.29, 0.717) is 5.56 Å². The SMILES string of the molecule is CC(C)OC(=O)/C(C#N)=C/c1ccc(O)cc1. The van der Waals surface area contributed by atoms with Gasteiger partial charge in [0.05, 0.1) is 6.10 Å². The number of nitrogens with zero attached hydrogens (tertiary/aromatic N) is 1. The first-order valence-corrected chi connectivity index (χ1v) is 5.14. The molecule has 0 bridgehead atoms. The number of benzene rings is 1. The van der Waals surface area contributed by atoms with Crippen LogP contribution in [0.3, 0.4) is 0 Å². The van der Waals surface area contributed by atoms with E-state index >= 15 is 0 Å². The topological polar surface area (TPSA) is 70.3 Å². The summed E-state index contributed by atoms with van der Waals surface area (Å²) in [4.78, 5) is 11.5. The second-order valence-electron chi connectivity index (χ2n) is 3.72. The van der Waals surface area contributed by atoms with E-state index in [1.165, 1.54) is 18.2 Å². The van der Waals surface area contributed by atoms with Crippen molar-refractivity contribution < 1.29 is 14.6 Å². The van der Waals surface area contributed by atoms with Crippen LogP contribution < -0.4 is 0 Å². The average molecular weight is 231 g/mol. The van der Waals surface area contributed by atoms with Crippen molar-refractivity contribution >= 4 is 12.0 Å². The first-order chi connectivity index (χ1) is 8.02. The number of carbonyl (C=O) groups excluding carboxylic acids is 1. The summed E-state index contributed by atoms with van der Waals surface area (Å²) in [5.74, 6) is -0.513. The third-order valence-corrected chi connectivity index (χ3v) is 1.89. The lowest BCUT2D eigenvalue weighted by Crippen LogP contribution is -2.12. The van der Waals surface area contributed by atoms with Gasteiger partial charge in [0.2, 0.25) is 0 Å². The maximum absolute atomic E-state index is 11.5. The van der Waals surface area contributed by atoms with E-state index in [4.69, 9.17) is 15.1 Å². The molecule has 1 rings (SSSR count). The molecule has 17 heavy (non-hydrogen) atoms. The van der Waals surface area contributed by atoms with E-state index in [2.05, 4.69) is 0 Å². The van der Waals surface area contributed by atoms with Crippen LogP contribution in [-0.4, -0.2) is 17.2 Å². The molecule has 0 saturated carbocycles. The number of phenols is 1. The minimum Gasteiger partial charge on any atom is -0.508 e. The summed E-state index contributed by atoms with van der Waals surface area (Å²) in [7, 11) is 0. The molecular weight excluding hydrogens is 218 g/mol. The van der Waals surface area contributed by atoms with Gasteiger partial charge in [0, 0.05) is 0 Å². The van der Waals surface area contributed by atoms with Crippen LogP contribution in [0.5, 0.6) is 5.75 Å². The number of aromatic hydroxyl groups is 1. The van der Waals surface area contributed by atoms with Crippen LogP contribution in [0.4, 0.5) is 0 Å². The zero-order chi connectivity index (χ0) is 12.8. The molecule has 0 fully saturated rings. The fourth-order valence-electron chi connectivity index (χ4n) is 1.15. The van der Waals surface area contributed by atoms with Crippen molar-refractivity contribution in [2.24, 2.45) is 0 Å². The number of esters is 1. The van der Waals surface area contributed by atoms with Crippen LogP contribution in [0.15, 0.2) is 29.8 Å². The molecule has 0 amide bonds. The van der Waals surface area contributed by atoms with Crippen LogP contribution >= 0.6 is 0 Å². The van der Waals surface area contributed by atoms with E-state index in [1.54, 1.807) is 32.0 Å². The Morgan fingerprint density at radius 1 is 1.41 bits per heavy atom. The molecule has 0 radical (unpaired) electrons. The third-order valence-electron chi connectivity index (χ3n) is 1.89. The van der Waals surface area contributed by atoms with Gasteiger partial charge >= 0.3 is 5.97 Å². The highest BCUT2D eigenvalue weighted by Crippen LogP contribution is 2.13. The Kier molecular flexibility index (Phi) is 4.29. The quantitative estimate of drug-likeness (QED) is 0.492. The molecule has 0 saturated heterocycles. The highest BCUT2D eigenvalue weighted by atomic mass is 16.5. The van der Waals surface area contributed by atoms with E-state index in [-0.39, 0.29) is 17.4 Å². The van der Waals surface area contributed by atoms with Crippen LogP contribution in [0.1, 0.15) is 19.4 Å². The van der Waals surface area contributed by atoms with Crippen molar-refractivity contribution in [2.75, 3.05) is 0 Å². The minimum absolute atomic E-state index is 0.0654. The van der Waals surface area contributed by atoms with Gasteiger partial charge in [0.1, 0.15) is 17.4 Å². The number of nitriles is 1. The van der Waals surface area contributed by atoms with E-state index in [1.807, 2.05) is 0 Å². The second-order valence-corrected chi connectivity index (χ2v) is 3.72. The number of carbonyl (C=O) groups is 1. The summed E-state index contributed by atoms with van der Waals surface area (Å²) in [6.45, 7) is 3.43. The van der Waals surface area contributed by atoms with Gasteiger partial charge in [-0.3, -0.25) is 0 Å². The van der Waals surface area contributed by atoms with E-state index in [9.17, 15) is 4.79 Å². The molecule has 0 aliphatic carbocycles. The number of ether oxygens (including phenoxy) is 1. The predicted octanol–water partition coefficient (Wildman–Crippen LogP) is 2.25. The standard InChI is InChI=1S/C13H13NO3/c1-9(2)17-13(16)11(8-14)7-10-3-5-12(15)6-4-10/h3-7,9,15H,1-2H3/b11-7+. The molecule has 88 valence electrons. The average Bonchev–Trinajstić information content (AvgIpc) is 2.27. The number of hydrogen-bond donors (Lipinski definition) is 1. The summed E-state index contributed by atoms with van der Waals surface area (Å²) in [6, 6.07) is 7.97. The lowest BCUT2D eigenvalue weighted by atomic mass is 10.1. The molecule has 0 heterocycles. The molecule has 0 atom stereocenters. The lowest BCUT2D eigenvalue weighted by Gasteiger charge is -2.06. The molecule has 0 spiro atoms. The van der Waals surface area contributed by atoms with Crippen LogP contribution in [0.2, 0.25) is 0 Å². The van der Waals surface area contributed by atoms with Crippen molar-refractivity contribution in [1.82, 2.24) is 0 Å². The summed E-state index contributed by atoms with van der Waals surface area (Å²) in [5.41, 5.74) is 0.587. The maximum Gasteiger partial charge on any atom is 0.349 e. The lowest BCUT2D eigenvalue weighted by molar-refractivity contribution is -0.142. The Hall–Kier alpha value is -2.28. The smallest absolute Gasteiger partial charge is 0.349 e. The number of phenolic OH excluding ortho intramolecular Hbond substituents is 1. The Bertz CT molecular complexity index is 466. The molecule has 0 aromatic heterocycles. The van der Waals surface area contributed by atoms with Crippen molar-refractivity contribution in [3.63, 3.8) is 0 Å². The van der Waals surface area contributed by atoms with Gasteiger partial charge in [0.25, 0.3) is 0 Å². The first-order valence-electron chi connectivity index (χ1n) is 5.14. The van der Waals surface area contributed by atoms with Gasteiger partial charge in [-0.2, -0.15) is 5.26 Å². The molecule has 1 aromatic rings. The fraction of sp³-hybridized carbons (Fsp3) is 0.231. The molecule has 1 aromatic carbocycles. The fourth-order valence-corrected chi connectivity index (χ4v) is 1.15. The highest BCUT2D eigenvalue weighted by Gasteiger charge is 2.12. The summed E-state index contributed by atoms with van der Waals surface area (Å²) < 4.78 is 4.92.